The van der Waals surface area contributed by atoms with Gasteiger partial charge < -0.3 is 19.7 Å². The highest BCUT2D eigenvalue weighted by molar-refractivity contribution is 6.01. The van der Waals surface area contributed by atoms with Gasteiger partial charge in [-0.15, -0.1) is 0 Å². The van der Waals surface area contributed by atoms with Crippen LogP contribution in [0.1, 0.15) is 31.7 Å². The second-order valence-electron chi connectivity index (χ2n) is 6.92. The van der Waals surface area contributed by atoms with Gasteiger partial charge in [0, 0.05) is 18.4 Å². The van der Waals surface area contributed by atoms with Gasteiger partial charge in [-0.3, -0.25) is 4.90 Å². The standard InChI is InChI=1S/C23H28N2O4/c1-4-5-10-21-24-22(26)18(15-16-11-13-17(28-2)14-12-16)23(27)25(21)19-8-6-7-9-20(19)29-3/h6-9,11-14,23,26-27H,4-5,10,15H2,1-3H3. The van der Waals surface area contributed by atoms with E-state index in [1.165, 1.54) is 0 Å². The number of benzene rings is 2. The fourth-order valence-corrected chi connectivity index (χ4v) is 3.40. The fourth-order valence-electron chi connectivity index (χ4n) is 3.40. The summed E-state index contributed by atoms with van der Waals surface area (Å²) < 4.78 is 10.7. The smallest absolute Gasteiger partial charge is 0.216 e. The van der Waals surface area contributed by atoms with E-state index < -0.39 is 6.23 Å². The molecule has 0 aromatic heterocycles. The number of aliphatic imine (C=N–C) groups is 1. The molecule has 0 radical (unpaired) electrons. The van der Waals surface area contributed by atoms with Gasteiger partial charge in [0.2, 0.25) is 5.88 Å². The average molecular weight is 396 g/mol. The van der Waals surface area contributed by atoms with Crippen molar-refractivity contribution in [1.82, 2.24) is 0 Å². The van der Waals surface area contributed by atoms with E-state index in [-0.39, 0.29) is 5.88 Å². The molecule has 3 rings (SSSR count). The number of aliphatic hydroxyl groups excluding tert-OH is 2. The van der Waals surface area contributed by atoms with Crippen molar-refractivity contribution < 1.29 is 19.7 Å². The summed E-state index contributed by atoms with van der Waals surface area (Å²) in [7, 11) is 3.22. The molecule has 6 heteroatoms. The third-order valence-corrected chi connectivity index (χ3v) is 5.01. The van der Waals surface area contributed by atoms with Crippen LogP contribution in [0.3, 0.4) is 0 Å². The largest absolute Gasteiger partial charge is 0.497 e. The van der Waals surface area contributed by atoms with E-state index in [1.54, 1.807) is 19.1 Å². The van der Waals surface area contributed by atoms with Crippen LogP contribution in [-0.2, 0) is 6.42 Å². The highest BCUT2D eigenvalue weighted by Crippen LogP contribution is 2.35. The first-order chi connectivity index (χ1) is 14.1. The van der Waals surface area contributed by atoms with Crippen molar-refractivity contribution >= 4 is 11.5 Å². The van der Waals surface area contributed by atoms with Gasteiger partial charge in [0.05, 0.1) is 19.9 Å². The van der Waals surface area contributed by atoms with Crippen LogP contribution in [0.5, 0.6) is 11.5 Å². The van der Waals surface area contributed by atoms with Crippen molar-refractivity contribution in [3.05, 3.63) is 65.6 Å². The molecule has 0 saturated heterocycles. The van der Waals surface area contributed by atoms with Gasteiger partial charge in [0.25, 0.3) is 0 Å². The number of rotatable bonds is 8. The van der Waals surface area contributed by atoms with Crippen LogP contribution in [0, 0.1) is 0 Å². The lowest BCUT2D eigenvalue weighted by molar-refractivity contribution is 0.202. The number of para-hydroxylation sites is 2. The van der Waals surface area contributed by atoms with Crippen molar-refractivity contribution in [3.63, 3.8) is 0 Å². The zero-order chi connectivity index (χ0) is 20.8. The molecule has 0 amide bonds. The second-order valence-corrected chi connectivity index (χ2v) is 6.92. The third kappa shape index (κ3) is 4.54. The number of aliphatic hydroxyl groups is 2. The maximum atomic E-state index is 11.3. The number of amidine groups is 1. The summed E-state index contributed by atoms with van der Waals surface area (Å²) >= 11 is 0. The highest BCUT2D eigenvalue weighted by atomic mass is 16.5. The topological polar surface area (TPSA) is 74.5 Å². The zero-order valence-corrected chi connectivity index (χ0v) is 17.1. The van der Waals surface area contributed by atoms with E-state index in [2.05, 4.69) is 11.9 Å². The quantitative estimate of drug-likeness (QED) is 0.690. The van der Waals surface area contributed by atoms with Gasteiger partial charge >= 0.3 is 0 Å². The Labute approximate surface area is 171 Å². The Balaban J connectivity index is 1.98. The van der Waals surface area contributed by atoms with Gasteiger partial charge in [-0.25, -0.2) is 4.99 Å². The van der Waals surface area contributed by atoms with E-state index >= 15 is 0 Å². The first-order valence-electron chi connectivity index (χ1n) is 9.81. The van der Waals surface area contributed by atoms with Crippen LogP contribution in [0.15, 0.2) is 65.0 Å². The molecule has 1 atom stereocenters. The molecule has 0 saturated carbocycles. The summed E-state index contributed by atoms with van der Waals surface area (Å²) in [5.41, 5.74) is 2.11. The minimum Gasteiger partial charge on any atom is -0.497 e. The van der Waals surface area contributed by atoms with Crippen LogP contribution >= 0.6 is 0 Å². The molecule has 1 aliphatic rings. The molecule has 154 valence electrons. The molecule has 2 N–H and O–H groups in total. The van der Waals surface area contributed by atoms with E-state index in [9.17, 15) is 10.2 Å². The van der Waals surface area contributed by atoms with E-state index in [0.717, 1.165) is 29.8 Å². The normalized spacial score (nSPS) is 16.6. The predicted molar refractivity (Wildman–Crippen MR) is 115 cm³/mol. The number of unbranched alkanes of at least 4 members (excludes halogenated alkanes) is 1. The zero-order valence-electron chi connectivity index (χ0n) is 17.1. The number of anilines is 1. The molecular formula is C23H28N2O4. The number of methoxy groups -OCH3 is 2. The number of hydrogen-bond donors (Lipinski definition) is 2. The number of ether oxygens (including phenoxy) is 2. The fraction of sp³-hybridized carbons (Fsp3) is 0.348. The molecule has 2 aromatic rings. The Bertz CT molecular complexity index is 890. The van der Waals surface area contributed by atoms with Gasteiger partial charge in [0.15, 0.2) is 6.23 Å². The Morgan fingerprint density at radius 2 is 1.76 bits per heavy atom. The van der Waals surface area contributed by atoms with Crippen LogP contribution in [0.4, 0.5) is 5.69 Å². The van der Waals surface area contributed by atoms with Crippen LogP contribution < -0.4 is 14.4 Å². The maximum Gasteiger partial charge on any atom is 0.216 e. The van der Waals surface area contributed by atoms with E-state index in [1.807, 2.05) is 48.5 Å². The Kier molecular flexibility index (Phi) is 6.77. The predicted octanol–water partition coefficient (Wildman–Crippen LogP) is 4.44. The van der Waals surface area contributed by atoms with Crippen molar-refractivity contribution in [1.29, 1.82) is 0 Å². The van der Waals surface area contributed by atoms with E-state index in [4.69, 9.17) is 9.47 Å². The molecule has 0 spiro atoms. The lowest BCUT2D eigenvalue weighted by atomic mass is 10.0. The monoisotopic (exact) mass is 396 g/mol. The molecule has 1 unspecified atom stereocenters. The summed E-state index contributed by atoms with van der Waals surface area (Å²) in [6, 6.07) is 15.0. The van der Waals surface area contributed by atoms with Crippen molar-refractivity contribution in [2.75, 3.05) is 19.1 Å². The Morgan fingerprint density at radius 3 is 2.41 bits per heavy atom. The minimum atomic E-state index is -1.04. The highest BCUT2D eigenvalue weighted by Gasteiger charge is 2.33. The number of nitrogens with zero attached hydrogens (tertiary/aromatic N) is 2. The molecule has 2 aromatic carbocycles. The van der Waals surface area contributed by atoms with Gasteiger partial charge in [0.1, 0.15) is 17.3 Å². The van der Waals surface area contributed by atoms with Crippen molar-refractivity contribution in [2.45, 2.75) is 38.8 Å². The van der Waals surface area contributed by atoms with Crippen molar-refractivity contribution in [3.8, 4) is 11.5 Å². The minimum absolute atomic E-state index is 0.120. The molecule has 29 heavy (non-hydrogen) atoms. The maximum absolute atomic E-state index is 11.3. The SMILES string of the molecule is CCCCC1=NC(O)=C(Cc2ccc(OC)cc2)C(O)N1c1ccccc1OC. The molecular weight excluding hydrogens is 368 g/mol. The van der Waals surface area contributed by atoms with Crippen LogP contribution in [0.25, 0.3) is 0 Å². The van der Waals surface area contributed by atoms with Crippen LogP contribution in [0.2, 0.25) is 0 Å². The molecule has 0 aliphatic carbocycles. The molecule has 0 fully saturated rings. The third-order valence-electron chi connectivity index (χ3n) is 5.01. The lowest BCUT2D eigenvalue weighted by Crippen LogP contribution is -2.45. The summed E-state index contributed by atoms with van der Waals surface area (Å²) in [5, 5.41) is 21.9. The Hall–Kier alpha value is -2.99. The average Bonchev–Trinajstić information content (AvgIpc) is 2.75. The van der Waals surface area contributed by atoms with E-state index in [0.29, 0.717) is 30.0 Å². The summed E-state index contributed by atoms with van der Waals surface area (Å²) in [6.07, 6.45) is 1.85. The van der Waals surface area contributed by atoms with Crippen LogP contribution in [-0.4, -0.2) is 36.5 Å². The molecule has 1 heterocycles. The first-order valence-corrected chi connectivity index (χ1v) is 9.81. The van der Waals surface area contributed by atoms with Gasteiger partial charge in [-0.2, -0.15) is 0 Å². The van der Waals surface area contributed by atoms with Gasteiger partial charge in [-0.1, -0.05) is 37.6 Å². The molecule has 6 nitrogen and oxygen atoms in total. The molecule has 0 bridgehead atoms. The lowest BCUT2D eigenvalue weighted by Gasteiger charge is -2.36. The summed E-state index contributed by atoms with van der Waals surface area (Å²) in [4.78, 5) is 6.21. The van der Waals surface area contributed by atoms with Crippen molar-refractivity contribution in [2.24, 2.45) is 4.99 Å². The first kappa shape index (κ1) is 20.7. The molecule has 1 aliphatic heterocycles. The summed E-state index contributed by atoms with van der Waals surface area (Å²) in [5.74, 6) is 1.90. The second kappa shape index (κ2) is 9.47. The van der Waals surface area contributed by atoms with Gasteiger partial charge in [-0.05, 0) is 36.2 Å². The summed E-state index contributed by atoms with van der Waals surface area (Å²) in [6.45, 7) is 2.10. The number of hydrogen-bond acceptors (Lipinski definition) is 6. The Morgan fingerprint density at radius 1 is 1.03 bits per heavy atom.